The molecule has 0 aromatic heterocycles. The van der Waals surface area contributed by atoms with E-state index in [9.17, 15) is 18.5 Å². The summed E-state index contributed by atoms with van der Waals surface area (Å²) in [5.74, 6) is 0.319. The Morgan fingerprint density at radius 1 is 1.24 bits per heavy atom. The Balaban J connectivity index is 0.00000312. The van der Waals surface area contributed by atoms with Crippen LogP contribution in [0, 0.1) is 10.1 Å². The zero-order valence-corrected chi connectivity index (χ0v) is 15.6. The third-order valence-electron chi connectivity index (χ3n) is 4.13. The Morgan fingerprint density at radius 3 is 2.24 bits per heavy atom. The summed E-state index contributed by atoms with van der Waals surface area (Å²) in [6.07, 6.45) is 1.13. The van der Waals surface area contributed by atoms with Crippen LogP contribution in [0.3, 0.4) is 0 Å². The quantitative estimate of drug-likeness (QED) is 0.528. The normalized spacial score (nSPS) is 13.9. The van der Waals surface area contributed by atoms with Crippen LogP contribution in [0.1, 0.15) is 26.7 Å². The lowest BCUT2D eigenvalue weighted by Gasteiger charge is -2.26. The standard InChI is InChI=1S/C14H21N3O6S.ClH/c1-3-14(15,4-2)9-16-24(20,21)13-8-12-11(22-5-6-23-12)7-10(13)17(18)19;/h7-8,16H,3-6,9,15H2,1-2H3;1H. The molecule has 0 atom stereocenters. The topological polar surface area (TPSA) is 134 Å². The summed E-state index contributed by atoms with van der Waals surface area (Å²) >= 11 is 0. The highest BCUT2D eigenvalue weighted by molar-refractivity contribution is 7.89. The summed E-state index contributed by atoms with van der Waals surface area (Å²) in [6.45, 7) is 4.18. The number of nitrogens with two attached hydrogens (primary N) is 1. The predicted octanol–water partition coefficient (Wildman–Crippen LogP) is 1.58. The summed E-state index contributed by atoms with van der Waals surface area (Å²) in [5, 5.41) is 11.3. The van der Waals surface area contributed by atoms with E-state index in [1.165, 1.54) is 0 Å². The van der Waals surface area contributed by atoms with E-state index in [4.69, 9.17) is 15.2 Å². The van der Waals surface area contributed by atoms with Gasteiger partial charge in [0.05, 0.1) is 11.0 Å². The molecule has 11 heteroatoms. The molecule has 0 aliphatic carbocycles. The number of halogens is 1. The molecule has 0 unspecified atom stereocenters. The van der Waals surface area contributed by atoms with E-state index in [1.54, 1.807) is 0 Å². The molecule has 1 aliphatic heterocycles. The van der Waals surface area contributed by atoms with Crippen molar-refractivity contribution in [3.8, 4) is 11.5 Å². The molecule has 9 nitrogen and oxygen atoms in total. The first-order chi connectivity index (χ1) is 11.2. The van der Waals surface area contributed by atoms with Gasteiger partial charge in [0.15, 0.2) is 16.4 Å². The number of benzene rings is 1. The molecule has 142 valence electrons. The number of hydrogen-bond acceptors (Lipinski definition) is 7. The van der Waals surface area contributed by atoms with E-state index >= 15 is 0 Å². The number of fused-ring (bicyclic) bond motifs is 1. The summed E-state index contributed by atoms with van der Waals surface area (Å²) in [7, 11) is -4.13. The molecule has 0 saturated heterocycles. The largest absolute Gasteiger partial charge is 0.486 e. The molecule has 1 heterocycles. The molecule has 1 aromatic carbocycles. The molecule has 25 heavy (non-hydrogen) atoms. The molecule has 0 saturated carbocycles. The average molecular weight is 396 g/mol. The van der Waals surface area contributed by atoms with Crippen LogP contribution < -0.4 is 19.9 Å². The zero-order chi connectivity index (χ0) is 18.0. The van der Waals surface area contributed by atoms with Gasteiger partial charge < -0.3 is 15.2 Å². The Morgan fingerprint density at radius 2 is 1.76 bits per heavy atom. The van der Waals surface area contributed by atoms with Crippen molar-refractivity contribution >= 4 is 28.1 Å². The third-order valence-corrected chi connectivity index (χ3v) is 5.56. The van der Waals surface area contributed by atoms with Gasteiger partial charge >= 0.3 is 0 Å². The summed E-state index contributed by atoms with van der Waals surface area (Å²) in [4.78, 5) is 10.0. The zero-order valence-electron chi connectivity index (χ0n) is 14.0. The maximum absolute atomic E-state index is 12.6. The number of sulfonamides is 1. The molecular weight excluding hydrogens is 374 g/mol. The lowest BCUT2D eigenvalue weighted by Crippen LogP contribution is -2.49. The second-order valence-electron chi connectivity index (χ2n) is 5.61. The van der Waals surface area contributed by atoms with Crippen molar-refractivity contribution in [2.24, 2.45) is 5.73 Å². The van der Waals surface area contributed by atoms with Crippen molar-refractivity contribution in [1.82, 2.24) is 4.72 Å². The maximum atomic E-state index is 12.6. The second-order valence-corrected chi connectivity index (χ2v) is 7.35. The van der Waals surface area contributed by atoms with Crippen molar-refractivity contribution in [1.29, 1.82) is 0 Å². The minimum Gasteiger partial charge on any atom is -0.486 e. The molecule has 1 aromatic rings. The number of nitro benzene ring substituents is 1. The van der Waals surface area contributed by atoms with Crippen LogP contribution in [0.5, 0.6) is 11.5 Å². The van der Waals surface area contributed by atoms with Crippen molar-refractivity contribution in [3.63, 3.8) is 0 Å². The highest BCUT2D eigenvalue weighted by atomic mass is 35.5. The fourth-order valence-corrected chi connectivity index (χ4v) is 3.54. The van der Waals surface area contributed by atoms with E-state index in [0.29, 0.717) is 12.8 Å². The van der Waals surface area contributed by atoms with Crippen LogP contribution in [0.4, 0.5) is 5.69 Å². The molecule has 0 fully saturated rings. The Hall–Kier alpha value is -1.62. The monoisotopic (exact) mass is 395 g/mol. The number of nitrogens with one attached hydrogen (secondary N) is 1. The van der Waals surface area contributed by atoms with Crippen molar-refractivity contribution in [2.75, 3.05) is 19.8 Å². The number of nitrogens with zero attached hydrogens (tertiary/aromatic N) is 1. The summed E-state index contributed by atoms with van der Waals surface area (Å²) in [5.41, 5.74) is 4.81. The van der Waals surface area contributed by atoms with Crippen LogP contribution in [-0.4, -0.2) is 38.6 Å². The first kappa shape index (κ1) is 21.4. The Bertz CT molecular complexity index is 736. The van der Waals surface area contributed by atoms with Crippen LogP contribution in [0.25, 0.3) is 0 Å². The molecule has 0 bridgehead atoms. The first-order valence-electron chi connectivity index (χ1n) is 7.59. The van der Waals surface area contributed by atoms with Gasteiger partial charge in [-0.3, -0.25) is 10.1 Å². The van der Waals surface area contributed by atoms with Gasteiger partial charge in [0.1, 0.15) is 13.2 Å². The van der Waals surface area contributed by atoms with Crippen molar-refractivity contribution in [2.45, 2.75) is 37.1 Å². The minimum absolute atomic E-state index is 0. The Labute approximate surface area is 152 Å². The van der Waals surface area contributed by atoms with Gasteiger partial charge in [-0.05, 0) is 12.8 Å². The van der Waals surface area contributed by atoms with Crippen LogP contribution in [-0.2, 0) is 10.0 Å². The average Bonchev–Trinajstić information content (AvgIpc) is 2.58. The summed E-state index contributed by atoms with van der Waals surface area (Å²) < 4.78 is 38.1. The van der Waals surface area contributed by atoms with Gasteiger partial charge in [-0.1, -0.05) is 13.8 Å². The van der Waals surface area contributed by atoms with Gasteiger partial charge in [0.25, 0.3) is 5.69 Å². The fourth-order valence-electron chi connectivity index (χ4n) is 2.23. The van der Waals surface area contributed by atoms with E-state index in [-0.39, 0.29) is 43.7 Å². The van der Waals surface area contributed by atoms with Gasteiger partial charge in [-0.15, -0.1) is 12.4 Å². The molecule has 0 amide bonds. The van der Waals surface area contributed by atoms with E-state index < -0.39 is 31.1 Å². The van der Waals surface area contributed by atoms with Gasteiger partial charge in [-0.25, -0.2) is 13.1 Å². The van der Waals surface area contributed by atoms with Crippen LogP contribution in [0.2, 0.25) is 0 Å². The Kier molecular flexibility index (Phi) is 7.00. The van der Waals surface area contributed by atoms with Crippen molar-refractivity contribution < 1.29 is 22.8 Å². The van der Waals surface area contributed by atoms with Gasteiger partial charge in [0, 0.05) is 18.2 Å². The van der Waals surface area contributed by atoms with Crippen LogP contribution >= 0.6 is 12.4 Å². The fraction of sp³-hybridized carbons (Fsp3) is 0.571. The van der Waals surface area contributed by atoms with E-state index in [2.05, 4.69) is 4.72 Å². The smallest absolute Gasteiger partial charge is 0.293 e. The molecule has 0 spiro atoms. The number of rotatable bonds is 7. The van der Waals surface area contributed by atoms with Crippen molar-refractivity contribution in [3.05, 3.63) is 22.2 Å². The predicted molar refractivity (Wildman–Crippen MR) is 94.0 cm³/mol. The van der Waals surface area contributed by atoms with Crippen LogP contribution in [0.15, 0.2) is 17.0 Å². The highest BCUT2D eigenvalue weighted by Gasteiger charge is 2.32. The third kappa shape index (κ3) is 4.72. The number of nitro groups is 1. The molecule has 0 radical (unpaired) electrons. The molecule has 2 rings (SSSR count). The number of hydrogen-bond donors (Lipinski definition) is 2. The minimum atomic E-state index is -4.13. The molecule has 3 N–H and O–H groups in total. The second kappa shape index (κ2) is 8.17. The maximum Gasteiger partial charge on any atom is 0.293 e. The van der Waals surface area contributed by atoms with Gasteiger partial charge in [-0.2, -0.15) is 0 Å². The molecular formula is C14H22ClN3O6S. The van der Waals surface area contributed by atoms with E-state index in [1.807, 2.05) is 13.8 Å². The van der Waals surface area contributed by atoms with Gasteiger partial charge in [0.2, 0.25) is 10.0 Å². The summed E-state index contributed by atoms with van der Waals surface area (Å²) in [6, 6.07) is 2.18. The first-order valence-corrected chi connectivity index (χ1v) is 9.07. The van der Waals surface area contributed by atoms with E-state index in [0.717, 1.165) is 12.1 Å². The highest BCUT2D eigenvalue weighted by Crippen LogP contribution is 2.38. The number of ether oxygens (including phenoxy) is 2. The SMILES string of the molecule is CCC(N)(CC)CNS(=O)(=O)c1cc2c(cc1[N+](=O)[O-])OCCO2.Cl. The lowest BCUT2D eigenvalue weighted by molar-refractivity contribution is -0.388. The lowest BCUT2D eigenvalue weighted by atomic mass is 9.95. The molecule has 1 aliphatic rings.